The molecule has 0 aliphatic carbocycles. The van der Waals surface area contributed by atoms with Crippen LogP contribution in [0.25, 0.3) is 10.9 Å². The molecule has 1 fully saturated rings. The van der Waals surface area contributed by atoms with E-state index in [0.717, 1.165) is 6.42 Å². The van der Waals surface area contributed by atoms with Crippen molar-refractivity contribution in [2.75, 3.05) is 46.5 Å². The maximum absolute atomic E-state index is 14.4. The van der Waals surface area contributed by atoms with E-state index >= 15 is 0 Å². The van der Waals surface area contributed by atoms with Gasteiger partial charge in [-0.15, -0.1) is 0 Å². The molecule has 2 aromatic carbocycles. The number of nitrogens with zero attached hydrogens (tertiary/aromatic N) is 2. The fourth-order valence-corrected chi connectivity index (χ4v) is 4.11. The maximum atomic E-state index is 14.4. The van der Waals surface area contributed by atoms with Crippen LogP contribution in [0.1, 0.15) is 36.3 Å². The van der Waals surface area contributed by atoms with Gasteiger partial charge in [0.2, 0.25) is 0 Å². The van der Waals surface area contributed by atoms with Crippen molar-refractivity contribution < 1.29 is 32.5 Å². The molecule has 4 rings (SSSR count). The number of benzene rings is 2. The molecule has 2 atom stereocenters. The highest BCUT2D eigenvalue weighted by Crippen LogP contribution is 2.37. The highest BCUT2D eigenvalue weighted by Gasteiger charge is 2.32. The molecule has 1 aliphatic rings. The van der Waals surface area contributed by atoms with E-state index < -0.39 is 12.5 Å². The summed E-state index contributed by atoms with van der Waals surface area (Å²) in [5.74, 6) is -0.988. The fourth-order valence-electron chi connectivity index (χ4n) is 4.11. The van der Waals surface area contributed by atoms with Gasteiger partial charge >= 0.3 is 0 Å². The van der Waals surface area contributed by atoms with Crippen LogP contribution < -0.4 is 14.8 Å². The summed E-state index contributed by atoms with van der Waals surface area (Å²) in [6.07, 6.45) is 0.716. The zero-order valence-electron chi connectivity index (χ0n) is 20.8. The molecule has 8 nitrogen and oxygen atoms in total. The molecule has 2 heterocycles. The highest BCUT2D eigenvalue weighted by molar-refractivity contribution is 5.92. The predicted molar refractivity (Wildman–Crippen MR) is 131 cm³/mol. The number of nitrogens with one attached hydrogen (secondary N) is 1. The third kappa shape index (κ3) is 5.83. The molecular weight excluding hydrogens is 472 g/mol. The Bertz CT molecular complexity index is 1190. The second-order valence-corrected chi connectivity index (χ2v) is 8.67. The summed E-state index contributed by atoms with van der Waals surface area (Å²) in [5.41, 5.74) is 1.21. The molecule has 194 valence electrons. The van der Waals surface area contributed by atoms with Crippen LogP contribution in [0.5, 0.6) is 11.5 Å². The number of anilines is 1. The van der Waals surface area contributed by atoms with Crippen molar-refractivity contribution in [3.8, 4) is 11.5 Å². The summed E-state index contributed by atoms with van der Waals surface area (Å²) in [7, 11) is 4.40. The summed E-state index contributed by atoms with van der Waals surface area (Å²) in [6, 6.07) is 9.57. The number of methoxy groups -OCH3 is 3. The third-order valence-electron chi connectivity index (χ3n) is 5.97. The van der Waals surface area contributed by atoms with Gasteiger partial charge in [-0.2, -0.15) is 8.78 Å². The molecule has 1 aromatic heterocycles. The lowest BCUT2D eigenvalue weighted by atomic mass is 10.0. The predicted octanol–water partition coefficient (Wildman–Crippen LogP) is 4.86. The van der Waals surface area contributed by atoms with Gasteiger partial charge in [-0.05, 0) is 24.6 Å². The Labute approximate surface area is 208 Å². The molecule has 0 amide bonds. The zero-order chi connectivity index (χ0) is 25.7. The van der Waals surface area contributed by atoms with E-state index in [1.807, 2.05) is 13.0 Å². The van der Waals surface area contributed by atoms with Crippen molar-refractivity contribution in [3.05, 3.63) is 53.3 Å². The maximum Gasteiger partial charge on any atom is 0.296 e. The van der Waals surface area contributed by atoms with Gasteiger partial charge in [-0.25, -0.2) is 9.97 Å². The minimum Gasteiger partial charge on any atom is -0.493 e. The molecule has 1 N–H and O–H groups in total. The molecule has 10 heteroatoms. The monoisotopic (exact) mass is 503 g/mol. The first-order valence-electron chi connectivity index (χ1n) is 11.7. The number of alkyl halides is 2. The minimum atomic E-state index is -3.09. The molecule has 1 aliphatic heterocycles. The number of ether oxygens (including phenoxy) is 5. The minimum absolute atomic E-state index is 0.0723. The van der Waals surface area contributed by atoms with E-state index in [4.69, 9.17) is 23.7 Å². The lowest BCUT2D eigenvalue weighted by Crippen LogP contribution is -2.20. The van der Waals surface area contributed by atoms with Crippen LogP contribution >= 0.6 is 0 Å². The molecule has 0 radical (unpaired) electrons. The summed E-state index contributed by atoms with van der Waals surface area (Å²) >= 11 is 0. The van der Waals surface area contributed by atoms with E-state index in [2.05, 4.69) is 15.3 Å². The van der Waals surface area contributed by atoms with E-state index in [-0.39, 0.29) is 24.3 Å². The Morgan fingerprint density at radius 2 is 1.94 bits per heavy atom. The quantitative estimate of drug-likeness (QED) is 0.397. The van der Waals surface area contributed by atoms with E-state index in [1.54, 1.807) is 32.4 Å². The molecule has 36 heavy (non-hydrogen) atoms. The standard InChI is InChI=1S/C26H31F2N3O5/c1-16(17-6-5-7-18(10-17)26(27,28)15-33-3)29-25-20-11-23(36-19-8-9-35-13-19)22(34-4)12-21(20)30-24(31-25)14-32-2/h5-7,10-12,16,19H,8-9,13-15H2,1-4H3,(H,29,30,31)/t16-,19+/m1/s1. The Kier molecular flexibility index (Phi) is 8.17. The molecule has 0 spiro atoms. The molecule has 3 aromatic rings. The topological polar surface area (TPSA) is 84.0 Å². The Hall–Kier alpha value is -3.08. The summed E-state index contributed by atoms with van der Waals surface area (Å²) < 4.78 is 56.0. The molecule has 0 saturated carbocycles. The Morgan fingerprint density at radius 1 is 1.11 bits per heavy atom. The largest absolute Gasteiger partial charge is 0.493 e. The van der Waals surface area contributed by atoms with Crippen molar-refractivity contribution in [1.29, 1.82) is 0 Å². The number of fused-ring (bicyclic) bond motifs is 1. The van der Waals surface area contributed by atoms with Gasteiger partial charge in [0.25, 0.3) is 5.92 Å². The lowest BCUT2D eigenvalue weighted by Gasteiger charge is -2.21. The van der Waals surface area contributed by atoms with Crippen molar-refractivity contribution >= 4 is 16.7 Å². The SMILES string of the molecule is COCc1nc(N[C@H](C)c2cccc(C(F)(F)COC)c2)c2cc(O[C@H]3CCOC3)c(OC)cc2n1. The number of halogens is 2. The molecule has 0 unspecified atom stereocenters. The Morgan fingerprint density at radius 3 is 2.64 bits per heavy atom. The van der Waals surface area contributed by atoms with Gasteiger partial charge in [0.05, 0.1) is 25.8 Å². The van der Waals surface area contributed by atoms with Gasteiger partial charge in [0.15, 0.2) is 17.3 Å². The van der Waals surface area contributed by atoms with Crippen LogP contribution in [0.15, 0.2) is 36.4 Å². The summed E-state index contributed by atoms with van der Waals surface area (Å²) in [4.78, 5) is 9.25. The smallest absolute Gasteiger partial charge is 0.296 e. The van der Waals surface area contributed by atoms with E-state index in [1.165, 1.54) is 19.2 Å². The average molecular weight is 504 g/mol. The van der Waals surface area contributed by atoms with Gasteiger partial charge < -0.3 is 29.0 Å². The van der Waals surface area contributed by atoms with Gasteiger partial charge in [0, 0.05) is 43.7 Å². The molecular formula is C26H31F2N3O5. The highest BCUT2D eigenvalue weighted by atomic mass is 19.3. The van der Waals surface area contributed by atoms with Crippen LogP contribution in [0.2, 0.25) is 0 Å². The fraction of sp³-hybridized carbons (Fsp3) is 0.462. The third-order valence-corrected chi connectivity index (χ3v) is 5.97. The van der Waals surface area contributed by atoms with Crippen molar-refractivity contribution in [1.82, 2.24) is 9.97 Å². The van der Waals surface area contributed by atoms with Crippen LogP contribution in [-0.2, 0) is 26.7 Å². The van der Waals surface area contributed by atoms with Crippen molar-refractivity contribution in [2.24, 2.45) is 0 Å². The van der Waals surface area contributed by atoms with Crippen LogP contribution in [0.4, 0.5) is 14.6 Å². The van der Waals surface area contributed by atoms with Gasteiger partial charge in [-0.3, -0.25) is 0 Å². The first-order valence-corrected chi connectivity index (χ1v) is 11.7. The summed E-state index contributed by atoms with van der Waals surface area (Å²) in [5, 5.41) is 4.07. The summed E-state index contributed by atoms with van der Waals surface area (Å²) in [6.45, 7) is 2.56. The van der Waals surface area contributed by atoms with Crippen molar-refractivity contribution in [2.45, 2.75) is 38.0 Å². The first kappa shape index (κ1) is 26.0. The lowest BCUT2D eigenvalue weighted by molar-refractivity contribution is -0.0698. The normalized spacial score (nSPS) is 16.8. The van der Waals surface area contributed by atoms with E-state index in [0.29, 0.717) is 52.8 Å². The number of hydrogen-bond donors (Lipinski definition) is 1. The first-order chi connectivity index (χ1) is 17.3. The van der Waals surface area contributed by atoms with Crippen LogP contribution in [0.3, 0.4) is 0 Å². The number of rotatable bonds is 11. The zero-order valence-corrected chi connectivity index (χ0v) is 20.8. The molecule has 1 saturated heterocycles. The molecule has 0 bridgehead atoms. The average Bonchev–Trinajstić information content (AvgIpc) is 3.37. The van der Waals surface area contributed by atoms with Crippen LogP contribution in [-0.4, -0.2) is 57.2 Å². The van der Waals surface area contributed by atoms with E-state index in [9.17, 15) is 8.78 Å². The number of aromatic nitrogens is 2. The second-order valence-electron chi connectivity index (χ2n) is 8.67. The Balaban J connectivity index is 1.71. The van der Waals surface area contributed by atoms with Crippen molar-refractivity contribution in [3.63, 3.8) is 0 Å². The van der Waals surface area contributed by atoms with Gasteiger partial charge in [-0.1, -0.05) is 18.2 Å². The second kappa shape index (κ2) is 11.3. The van der Waals surface area contributed by atoms with Crippen LogP contribution in [0, 0.1) is 0 Å². The van der Waals surface area contributed by atoms with Gasteiger partial charge in [0.1, 0.15) is 25.1 Å². The number of hydrogen-bond acceptors (Lipinski definition) is 8.